The Bertz CT molecular complexity index is 529. The minimum absolute atomic E-state index is 0.152. The van der Waals surface area contributed by atoms with Gasteiger partial charge in [-0.15, -0.1) is 0 Å². The fraction of sp³-hybridized carbons (Fsp3) is 0.231. The van der Waals surface area contributed by atoms with Crippen molar-refractivity contribution in [1.82, 2.24) is 0 Å². The zero-order valence-electron chi connectivity index (χ0n) is 10.6. The number of halogens is 1. The third-order valence-corrected chi connectivity index (χ3v) is 5.37. The fourth-order valence-electron chi connectivity index (χ4n) is 1.71. The van der Waals surface area contributed by atoms with E-state index in [0.717, 1.165) is 13.6 Å². The normalized spacial score (nSPS) is 9.83. The summed E-state index contributed by atoms with van der Waals surface area (Å²) in [4.78, 5) is 7.80. The molecule has 0 saturated heterocycles. The van der Waals surface area contributed by atoms with E-state index in [4.69, 9.17) is 12.3 Å². The van der Waals surface area contributed by atoms with Gasteiger partial charge in [-0.25, -0.2) is 0 Å². The Morgan fingerprint density at radius 1 is 1.61 bits per heavy atom. The van der Waals surface area contributed by atoms with Crippen molar-refractivity contribution in [3.05, 3.63) is 26.8 Å². The summed E-state index contributed by atoms with van der Waals surface area (Å²) in [5.41, 5.74) is 9.81. The molecule has 1 rings (SSSR count). The zero-order valence-corrected chi connectivity index (χ0v) is 12.8. The fourth-order valence-corrected chi connectivity index (χ4v) is 3.98. The van der Waals surface area contributed by atoms with E-state index in [1.807, 2.05) is 6.92 Å². The Labute approximate surface area is 118 Å². The second-order valence-electron chi connectivity index (χ2n) is 3.46. The molecule has 0 aliphatic carbocycles. The van der Waals surface area contributed by atoms with Crippen LogP contribution in [0.4, 0.5) is 22.7 Å². The van der Waals surface area contributed by atoms with E-state index in [-0.39, 0.29) is 21.2 Å². The van der Waals surface area contributed by atoms with E-state index >= 15 is 0 Å². The molecule has 0 amide bonds. The van der Waals surface area contributed by atoms with Crippen LogP contribution in [-0.4, -0.2) is 11.1 Å². The Hall–Kier alpha value is -1.55. The number of nitrogen functional groups attached to an aromatic ring is 1. The van der Waals surface area contributed by atoms with Crippen LogP contribution in [0.15, 0.2) is 17.8 Å². The molecule has 0 heterocycles. The van der Waals surface area contributed by atoms with Crippen molar-refractivity contribution in [1.29, 1.82) is 0 Å². The van der Waals surface area contributed by atoms with Crippen molar-refractivity contribution < 1.29 is 21.2 Å². The molecule has 18 heavy (non-hydrogen) atoms. The van der Waals surface area contributed by atoms with E-state index < -0.39 is 0 Å². The number of benzene rings is 1. The van der Waals surface area contributed by atoms with Gasteiger partial charge in [0, 0.05) is 0 Å². The first-order valence-corrected chi connectivity index (χ1v) is 8.02. The molecule has 0 spiro atoms. The first-order valence-electron chi connectivity index (χ1n) is 5.42. The number of nitrogens with two attached hydrogens (primary N) is 1. The quantitative estimate of drug-likeness (QED) is 0.346. The first kappa shape index (κ1) is 14.5. The third kappa shape index (κ3) is 2.48. The Morgan fingerprint density at radius 2 is 2.28 bits per heavy atom. The number of anilines is 2. The average molecular weight is 356 g/mol. The monoisotopic (exact) mass is 356 g/mol. The number of rotatable bonds is 5. The predicted molar refractivity (Wildman–Crippen MR) is 75.8 cm³/mol. The summed E-state index contributed by atoms with van der Waals surface area (Å²) in [6.45, 7) is 16.8. The summed E-state index contributed by atoms with van der Waals surface area (Å²) >= 11 is -0.152. The SMILES string of the molecule is C#[N+]c1c(N=C)c(C)c([I-]CC)c(N)c1NC=C. The number of aliphatic imine (C=N–C) groups is 1. The van der Waals surface area contributed by atoms with Crippen LogP contribution in [0.2, 0.25) is 0 Å². The molecule has 3 N–H and O–H groups in total. The van der Waals surface area contributed by atoms with Crippen LogP contribution in [-0.2, 0) is 0 Å². The number of alkyl halides is 1. The molecular weight excluding hydrogens is 339 g/mol. The van der Waals surface area contributed by atoms with Crippen molar-refractivity contribution in [2.24, 2.45) is 4.99 Å². The van der Waals surface area contributed by atoms with Gasteiger partial charge in [0.1, 0.15) is 0 Å². The van der Waals surface area contributed by atoms with Gasteiger partial charge in [0.05, 0.1) is 0 Å². The molecule has 0 fully saturated rings. The molecule has 5 heteroatoms. The van der Waals surface area contributed by atoms with Crippen molar-refractivity contribution in [3.8, 4) is 6.57 Å². The molecule has 0 bridgehead atoms. The van der Waals surface area contributed by atoms with Crippen LogP contribution in [0.25, 0.3) is 4.85 Å². The molecule has 96 valence electrons. The second kappa shape index (κ2) is 6.40. The standard InChI is InChI=1S/C13H17IN4/c1-6-14-9-8(3)11(16-4)13(17-5)12(10(9)15)18-7-2/h5,7,18H,2,4,6,15H2,1,3H3. The number of hydrogen-bond acceptors (Lipinski definition) is 3. The minimum atomic E-state index is -0.152. The molecule has 0 saturated carbocycles. The zero-order chi connectivity index (χ0) is 13.7. The second-order valence-corrected chi connectivity index (χ2v) is 6.83. The van der Waals surface area contributed by atoms with Crippen LogP contribution in [0.3, 0.4) is 0 Å². The topological polar surface area (TPSA) is 54.8 Å². The summed E-state index contributed by atoms with van der Waals surface area (Å²) in [5, 5.41) is 2.99. The predicted octanol–water partition coefficient (Wildman–Crippen LogP) is 0.337. The van der Waals surface area contributed by atoms with Crippen LogP contribution < -0.4 is 32.3 Å². The maximum absolute atomic E-state index is 6.20. The Balaban J connectivity index is 3.69. The molecule has 0 unspecified atom stereocenters. The molecule has 0 aliphatic rings. The van der Waals surface area contributed by atoms with Gasteiger partial charge in [0.25, 0.3) is 0 Å². The van der Waals surface area contributed by atoms with Crippen molar-refractivity contribution in [2.45, 2.75) is 13.8 Å². The molecule has 0 aliphatic heterocycles. The molecule has 1 aromatic carbocycles. The number of nitrogens with zero attached hydrogens (tertiary/aromatic N) is 2. The molecule has 0 atom stereocenters. The summed E-state index contributed by atoms with van der Waals surface area (Å²) in [6, 6.07) is 0. The van der Waals surface area contributed by atoms with E-state index in [0.29, 0.717) is 22.7 Å². The molecule has 0 aromatic heterocycles. The Kier molecular flexibility index (Phi) is 5.16. The van der Waals surface area contributed by atoms with E-state index in [1.54, 1.807) is 6.20 Å². The van der Waals surface area contributed by atoms with Crippen LogP contribution in [0.1, 0.15) is 12.5 Å². The van der Waals surface area contributed by atoms with E-state index in [1.165, 1.54) is 0 Å². The van der Waals surface area contributed by atoms with Gasteiger partial charge in [-0.1, -0.05) is 0 Å². The van der Waals surface area contributed by atoms with Gasteiger partial charge in [0.15, 0.2) is 0 Å². The molecule has 1 aromatic rings. The van der Waals surface area contributed by atoms with Gasteiger partial charge in [-0.3, -0.25) is 0 Å². The summed E-state index contributed by atoms with van der Waals surface area (Å²) in [5.74, 6) is 0. The van der Waals surface area contributed by atoms with Gasteiger partial charge in [0.2, 0.25) is 0 Å². The van der Waals surface area contributed by atoms with Gasteiger partial charge in [-0.2, -0.15) is 0 Å². The molecular formula is C13H17IN4. The summed E-state index contributed by atoms with van der Waals surface area (Å²) in [7, 11) is 0. The van der Waals surface area contributed by atoms with E-state index in [2.05, 4.69) is 35.4 Å². The molecule has 4 nitrogen and oxygen atoms in total. The van der Waals surface area contributed by atoms with E-state index in [9.17, 15) is 0 Å². The molecule has 0 radical (unpaired) electrons. The first-order chi connectivity index (χ1) is 8.62. The van der Waals surface area contributed by atoms with Gasteiger partial charge < -0.3 is 0 Å². The van der Waals surface area contributed by atoms with Crippen LogP contribution in [0.5, 0.6) is 0 Å². The van der Waals surface area contributed by atoms with Crippen molar-refractivity contribution in [3.63, 3.8) is 0 Å². The summed E-state index contributed by atoms with van der Waals surface area (Å²) in [6.07, 6.45) is 1.55. The van der Waals surface area contributed by atoms with Crippen LogP contribution in [0, 0.1) is 17.1 Å². The van der Waals surface area contributed by atoms with Gasteiger partial charge in [-0.05, 0) is 0 Å². The Morgan fingerprint density at radius 3 is 2.72 bits per heavy atom. The van der Waals surface area contributed by atoms with Crippen LogP contribution >= 0.6 is 0 Å². The number of hydrogen-bond donors (Lipinski definition) is 2. The van der Waals surface area contributed by atoms with Crippen molar-refractivity contribution >= 4 is 29.5 Å². The third-order valence-electron chi connectivity index (χ3n) is 2.45. The average Bonchev–Trinajstić information content (AvgIpc) is 2.37. The summed E-state index contributed by atoms with van der Waals surface area (Å²) < 4.78 is 2.27. The maximum atomic E-state index is 6.20. The number of nitrogens with one attached hydrogen (secondary N) is 1. The van der Waals surface area contributed by atoms with Crippen molar-refractivity contribution in [2.75, 3.05) is 15.5 Å². The van der Waals surface area contributed by atoms with Gasteiger partial charge >= 0.3 is 118 Å².